The van der Waals surface area contributed by atoms with E-state index in [1.807, 2.05) is 24.3 Å². The summed E-state index contributed by atoms with van der Waals surface area (Å²) >= 11 is 0. The lowest BCUT2D eigenvalue weighted by molar-refractivity contribution is 1.18. The van der Waals surface area contributed by atoms with Crippen LogP contribution >= 0.6 is 0 Å². The molecular formula is C47H30N4. The summed E-state index contributed by atoms with van der Waals surface area (Å²) in [5.41, 5.74) is 11.3. The quantitative estimate of drug-likeness (QED) is 0.174. The van der Waals surface area contributed by atoms with Gasteiger partial charge in [0.15, 0.2) is 5.82 Å². The molecule has 3 heterocycles. The highest BCUT2D eigenvalue weighted by Crippen LogP contribution is 2.43. The Morgan fingerprint density at radius 2 is 0.941 bits per heavy atom. The summed E-state index contributed by atoms with van der Waals surface area (Å²) in [4.78, 5) is 15.5. The van der Waals surface area contributed by atoms with Gasteiger partial charge in [0, 0.05) is 54.9 Å². The summed E-state index contributed by atoms with van der Waals surface area (Å²) < 4.78 is 2.38. The van der Waals surface area contributed by atoms with Crippen LogP contribution in [0.4, 0.5) is 0 Å². The number of hydrogen-bond acceptors (Lipinski definition) is 3. The summed E-state index contributed by atoms with van der Waals surface area (Å²) in [6.07, 6.45) is 0. The Kier molecular flexibility index (Phi) is 6.78. The zero-order valence-electron chi connectivity index (χ0n) is 27.6. The molecule has 0 saturated carbocycles. The molecule has 51 heavy (non-hydrogen) atoms. The van der Waals surface area contributed by atoms with E-state index in [2.05, 4.69) is 162 Å². The minimum absolute atomic E-state index is 0.703. The fraction of sp³-hybridized carbons (Fsp3) is 0. The molecule has 0 fully saturated rings. The van der Waals surface area contributed by atoms with Crippen LogP contribution in [0.15, 0.2) is 182 Å². The second-order valence-electron chi connectivity index (χ2n) is 12.8. The molecule has 0 aliphatic rings. The van der Waals surface area contributed by atoms with Crippen molar-refractivity contribution in [3.05, 3.63) is 182 Å². The first-order valence-electron chi connectivity index (χ1n) is 17.2. The van der Waals surface area contributed by atoms with Crippen LogP contribution in [0.2, 0.25) is 0 Å². The number of aromatic nitrogens is 4. The molecule has 0 aliphatic heterocycles. The van der Waals surface area contributed by atoms with Crippen molar-refractivity contribution in [3.8, 4) is 50.8 Å². The Labute approximate surface area is 295 Å². The molecule has 0 spiro atoms. The minimum atomic E-state index is 0.703. The molecule has 0 N–H and O–H groups in total. The maximum Gasteiger partial charge on any atom is 0.160 e. The highest BCUT2D eigenvalue weighted by molar-refractivity contribution is 6.29. The van der Waals surface area contributed by atoms with Crippen LogP contribution in [0.1, 0.15) is 0 Å². The summed E-state index contributed by atoms with van der Waals surface area (Å²) in [6.45, 7) is 0. The van der Waals surface area contributed by atoms with Gasteiger partial charge in [-0.05, 0) is 42.5 Å². The number of para-hydroxylation sites is 2. The SMILES string of the molecule is c1ccc(-c2cc(-c3ccc4c(c3)c3c5c(ccc3n4-c3ccccc3)c(-c3ccccc3)nc3ccccc35)nc(-c3ccccc3)n2)cc1. The maximum absolute atomic E-state index is 5.24. The fourth-order valence-electron chi connectivity index (χ4n) is 7.45. The van der Waals surface area contributed by atoms with Gasteiger partial charge in [-0.15, -0.1) is 0 Å². The van der Waals surface area contributed by atoms with Gasteiger partial charge < -0.3 is 4.57 Å². The smallest absolute Gasteiger partial charge is 0.160 e. The minimum Gasteiger partial charge on any atom is -0.309 e. The number of fused-ring (bicyclic) bond motifs is 7. The molecular weight excluding hydrogens is 621 g/mol. The van der Waals surface area contributed by atoms with Gasteiger partial charge in [0.2, 0.25) is 0 Å². The van der Waals surface area contributed by atoms with Gasteiger partial charge in [0.05, 0.1) is 33.6 Å². The van der Waals surface area contributed by atoms with Crippen molar-refractivity contribution in [2.24, 2.45) is 0 Å². The van der Waals surface area contributed by atoms with Crippen LogP contribution in [-0.4, -0.2) is 19.5 Å². The van der Waals surface area contributed by atoms with E-state index in [-0.39, 0.29) is 0 Å². The zero-order valence-corrected chi connectivity index (χ0v) is 27.6. The summed E-state index contributed by atoms with van der Waals surface area (Å²) in [5.74, 6) is 0.703. The van der Waals surface area contributed by atoms with Crippen molar-refractivity contribution in [2.75, 3.05) is 0 Å². The van der Waals surface area contributed by atoms with Gasteiger partial charge in [-0.2, -0.15) is 0 Å². The largest absolute Gasteiger partial charge is 0.309 e. The number of benzene rings is 7. The molecule has 0 radical (unpaired) electrons. The normalized spacial score (nSPS) is 11.5. The lowest BCUT2D eigenvalue weighted by atomic mass is 9.95. The van der Waals surface area contributed by atoms with E-state index >= 15 is 0 Å². The van der Waals surface area contributed by atoms with Crippen LogP contribution in [0.3, 0.4) is 0 Å². The van der Waals surface area contributed by atoms with E-state index in [4.69, 9.17) is 15.0 Å². The van der Waals surface area contributed by atoms with Crippen LogP contribution < -0.4 is 0 Å². The van der Waals surface area contributed by atoms with Crippen molar-refractivity contribution >= 4 is 43.5 Å². The Bertz CT molecular complexity index is 2820. The van der Waals surface area contributed by atoms with Gasteiger partial charge in [0.25, 0.3) is 0 Å². The first-order chi connectivity index (χ1) is 25.3. The number of hydrogen-bond donors (Lipinski definition) is 0. The standard InChI is InChI=1S/C47H30N4/c1-5-15-31(16-6-1)40-30-41(50-47(49-40)33-19-9-3-10-20-33)34-25-27-42-38(29-34)45-43(51(42)35-21-11-4-12-22-35)28-26-37-44(45)36-23-13-14-24-39(36)48-46(37)32-17-7-2-8-18-32/h1-30H. The van der Waals surface area contributed by atoms with Crippen LogP contribution in [0, 0.1) is 0 Å². The third-order valence-electron chi connectivity index (χ3n) is 9.78. The molecule has 0 aliphatic carbocycles. The van der Waals surface area contributed by atoms with E-state index in [0.29, 0.717) is 5.82 Å². The molecule has 10 aromatic rings. The molecule has 7 aromatic carbocycles. The van der Waals surface area contributed by atoms with E-state index in [0.717, 1.165) is 77.7 Å². The Morgan fingerprint density at radius 1 is 0.353 bits per heavy atom. The van der Waals surface area contributed by atoms with E-state index in [9.17, 15) is 0 Å². The summed E-state index contributed by atoms with van der Waals surface area (Å²) in [6, 6.07) is 63.6. The average Bonchev–Trinajstić information content (AvgIpc) is 3.55. The van der Waals surface area contributed by atoms with Gasteiger partial charge in [0.1, 0.15) is 0 Å². The molecule has 10 rings (SSSR count). The van der Waals surface area contributed by atoms with Crippen LogP contribution in [-0.2, 0) is 0 Å². The highest BCUT2D eigenvalue weighted by Gasteiger charge is 2.20. The average molecular weight is 651 g/mol. The predicted molar refractivity (Wildman–Crippen MR) is 211 cm³/mol. The second-order valence-corrected chi connectivity index (χ2v) is 12.8. The van der Waals surface area contributed by atoms with Crippen LogP contribution in [0.25, 0.3) is 94.3 Å². The summed E-state index contributed by atoms with van der Waals surface area (Å²) in [7, 11) is 0. The fourth-order valence-corrected chi connectivity index (χ4v) is 7.45. The Hall–Kier alpha value is -6.91. The zero-order chi connectivity index (χ0) is 33.7. The molecule has 0 bridgehead atoms. The molecule has 0 unspecified atom stereocenters. The highest BCUT2D eigenvalue weighted by atomic mass is 15.0. The third-order valence-corrected chi connectivity index (χ3v) is 9.78. The lowest BCUT2D eigenvalue weighted by Crippen LogP contribution is -1.96. The first kappa shape index (κ1) is 29.0. The van der Waals surface area contributed by atoms with Crippen molar-refractivity contribution in [1.29, 1.82) is 0 Å². The Balaban J connectivity index is 1.32. The molecule has 4 heteroatoms. The number of rotatable bonds is 5. The molecule has 4 nitrogen and oxygen atoms in total. The first-order valence-corrected chi connectivity index (χ1v) is 17.2. The molecule has 0 atom stereocenters. The van der Waals surface area contributed by atoms with Crippen LogP contribution in [0.5, 0.6) is 0 Å². The third kappa shape index (κ3) is 4.88. The Morgan fingerprint density at radius 3 is 1.67 bits per heavy atom. The molecule has 0 saturated heterocycles. The van der Waals surface area contributed by atoms with Gasteiger partial charge in [-0.1, -0.05) is 140 Å². The van der Waals surface area contributed by atoms with Crippen molar-refractivity contribution < 1.29 is 0 Å². The lowest BCUT2D eigenvalue weighted by Gasteiger charge is -2.12. The molecule has 238 valence electrons. The number of nitrogens with zero attached hydrogens (tertiary/aromatic N) is 4. The topological polar surface area (TPSA) is 43.6 Å². The molecule has 3 aromatic heterocycles. The van der Waals surface area contributed by atoms with Crippen molar-refractivity contribution in [3.63, 3.8) is 0 Å². The van der Waals surface area contributed by atoms with Gasteiger partial charge in [-0.25, -0.2) is 15.0 Å². The van der Waals surface area contributed by atoms with E-state index < -0.39 is 0 Å². The van der Waals surface area contributed by atoms with Gasteiger partial charge in [-0.3, -0.25) is 0 Å². The van der Waals surface area contributed by atoms with E-state index in [1.54, 1.807) is 0 Å². The predicted octanol–water partition coefficient (Wildman–Crippen LogP) is 11.9. The summed E-state index contributed by atoms with van der Waals surface area (Å²) in [5, 5.41) is 5.82. The van der Waals surface area contributed by atoms with Gasteiger partial charge >= 0.3 is 0 Å². The van der Waals surface area contributed by atoms with Crippen molar-refractivity contribution in [1.82, 2.24) is 19.5 Å². The van der Waals surface area contributed by atoms with E-state index in [1.165, 1.54) is 10.8 Å². The van der Waals surface area contributed by atoms with Crippen molar-refractivity contribution in [2.45, 2.75) is 0 Å². The molecule has 0 amide bonds. The second kappa shape index (κ2) is 11.9. The number of pyridine rings is 1. The monoisotopic (exact) mass is 650 g/mol. The maximum atomic E-state index is 5.24.